The van der Waals surface area contributed by atoms with Gasteiger partial charge in [0, 0.05) is 5.92 Å². The molecule has 8 atom stereocenters. The van der Waals surface area contributed by atoms with Gasteiger partial charge in [-0.25, -0.2) is 0 Å². The normalized spacial score (nSPS) is 51.6. The summed E-state index contributed by atoms with van der Waals surface area (Å²) in [6.07, 6.45) is 15.1. The van der Waals surface area contributed by atoms with Crippen LogP contribution >= 0.6 is 0 Å². The predicted octanol–water partition coefficient (Wildman–Crippen LogP) is 6.69. The summed E-state index contributed by atoms with van der Waals surface area (Å²) in [6, 6.07) is 0. The van der Waals surface area contributed by atoms with E-state index in [0.717, 1.165) is 29.6 Å². The summed E-state index contributed by atoms with van der Waals surface area (Å²) in [5.41, 5.74) is 1.28. The molecule has 0 aromatic rings. The first-order valence-electron chi connectivity index (χ1n) is 10.9. The Bertz CT molecular complexity index is 536. The molecule has 0 N–H and O–H groups in total. The molecular weight excluding hydrogens is 288 g/mol. The monoisotopic (exact) mass is 326 g/mol. The van der Waals surface area contributed by atoms with Gasteiger partial charge >= 0.3 is 0 Å². The first-order chi connectivity index (χ1) is 11.5. The van der Waals surface area contributed by atoms with Gasteiger partial charge in [0.2, 0.25) is 0 Å². The third kappa shape index (κ3) is 2.33. The van der Waals surface area contributed by atoms with Gasteiger partial charge in [0.1, 0.15) is 0 Å². The number of fused-ring (bicyclic) bond motifs is 5. The Kier molecular flexibility index (Phi) is 4.30. The Hall–Kier alpha value is -0.440. The molecule has 24 heavy (non-hydrogen) atoms. The summed E-state index contributed by atoms with van der Waals surface area (Å²) in [5.74, 6) is 12.3. The highest BCUT2D eigenvalue weighted by atomic mass is 14.6. The van der Waals surface area contributed by atoms with Crippen LogP contribution in [0.15, 0.2) is 0 Å². The molecule has 4 aliphatic rings. The Morgan fingerprint density at radius 2 is 1.62 bits per heavy atom. The SMILES string of the molecule is CC#C[C@@H](C)[C@H]1CC[C@H]2[C@@H]3CCC4CCCC[C@]4(C)[C@H]3CC[C@]12C. The smallest absolute Gasteiger partial charge is 0.0208 e. The van der Waals surface area contributed by atoms with Crippen molar-refractivity contribution in [3.8, 4) is 11.8 Å². The minimum absolute atomic E-state index is 0.586. The number of rotatable bonds is 1. The van der Waals surface area contributed by atoms with Crippen molar-refractivity contribution in [3.63, 3.8) is 0 Å². The van der Waals surface area contributed by atoms with Crippen LogP contribution in [0.3, 0.4) is 0 Å². The van der Waals surface area contributed by atoms with Crippen LogP contribution in [-0.4, -0.2) is 0 Å². The maximum absolute atomic E-state index is 3.52. The van der Waals surface area contributed by atoms with Gasteiger partial charge in [0.05, 0.1) is 0 Å². The van der Waals surface area contributed by atoms with Crippen molar-refractivity contribution in [2.75, 3.05) is 0 Å². The highest BCUT2D eigenvalue weighted by Gasteiger charge is 2.60. The molecule has 0 aliphatic heterocycles. The molecular formula is C24H38. The van der Waals surface area contributed by atoms with Crippen LogP contribution in [0.1, 0.15) is 91.9 Å². The fraction of sp³-hybridized carbons (Fsp3) is 0.917. The minimum atomic E-state index is 0.586. The molecule has 4 saturated carbocycles. The van der Waals surface area contributed by atoms with Gasteiger partial charge in [-0.05, 0) is 98.7 Å². The number of hydrogen-bond donors (Lipinski definition) is 0. The van der Waals surface area contributed by atoms with E-state index in [1.165, 1.54) is 51.4 Å². The molecule has 0 saturated heterocycles. The lowest BCUT2D eigenvalue weighted by molar-refractivity contribution is -0.112. The zero-order valence-electron chi connectivity index (χ0n) is 16.5. The topological polar surface area (TPSA) is 0 Å². The Labute approximate surface area is 150 Å². The Morgan fingerprint density at radius 1 is 0.833 bits per heavy atom. The zero-order chi connectivity index (χ0) is 16.9. The van der Waals surface area contributed by atoms with Gasteiger partial charge in [0.25, 0.3) is 0 Å². The average molecular weight is 327 g/mol. The van der Waals surface area contributed by atoms with Gasteiger partial charge in [-0.15, -0.1) is 11.8 Å². The maximum Gasteiger partial charge on any atom is 0.0208 e. The molecule has 0 amide bonds. The van der Waals surface area contributed by atoms with Gasteiger partial charge in [0.15, 0.2) is 0 Å². The van der Waals surface area contributed by atoms with E-state index < -0.39 is 0 Å². The molecule has 4 fully saturated rings. The van der Waals surface area contributed by atoms with Crippen LogP contribution < -0.4 is 0 Å². The van der Waals surface area contributed by atoms with Crippen molar-refractivity contribution in [2.24, 2.45) is 46.3 Å². The van der Waals surface area contributed by atoms with Crippen molar-refractivity contribution in [3.05, 3.63) is 0 Å². The largest absolute Gasteiger partial charge is 0.106 e. The lowest BCUT2D eigenvalue weighted by Gasteiger charge is -2.60. The van der Waals surface area contributed by atoms with E-state index in [2.05, 4.69) is 32.6 Å². The average Bonchev–Trinajstić information content (AvgIpc) is 2.92. The highest BCUT2D eigenvalue weighted by molar-refractivity contribution is 5.12. The van der Waals surface area contributed by atoms with E-state index >= 15 is 0 Å². The second kappa shape index (κ2) is 6.07. The summed E-state index contributed by atoms with van der Waals surface area (Å²) in [5, 5.41) is 0. The Morgan fingerprint density at radius 3 is 2.42 bits per heavy atom. The molecule has 0 spiro atoms. The molecule has 4 rings (SSSR count). The summed E-state index contributed by atoms with van der Waals surface area (Å²) in [6.45, 7) is 9.79. The van der Waals surface area contributed by atoms with E-state index in [-0.39, 0.29) is 0 Å². The fourth-order valence-electron chi connectivity index (χ4n) is 8.49. The lowest BCUT2D eigenvalue weighted by atomic mass is 9.44. The summed E-state index contributed by atoms with van der Waals surface area (Å²) in [7, 11) is 0. The molecule has 0 heteroatoms. The second-order valence-corrected chi connectivity index (χ2v) is 10.3. The summed E-state index contributed by atoms with van der Waals surface area (Å²) >= 11 is 0. The quantitative estimate of drug-likeness (QED) is 0.471. The van der Waals surface area contributed by atoms with Gasteiger partial charge in [-0.3, -0.25) is 0 Å². The first kappa shape index (κ1) is 17.0. The molecule has 0 radical (unpaired) electrons. The summed E-state index contributed by atoms with van der Waals surface area (Å²) < 4.78 is 0. The van der Waals surface area contributed by atoms with Crippen LogP contribution in [0.4, 0.5) is 0 Å². The lowest BCUT2D eigenvalue weighted by Crippen LogP contribution is -2.53. The third-order valence-corrected chi connectivity index (χ3v) is 9.63. The highest BCUT2D eigenvalue weighted by Crippen LogP contribution is 2.68. The fourth-order valence-corrected chi connectivity index (χ4v) is 8.49. The van der Waals surface area contributed by atoms with Crippen LogP contribution in [0.25, 0.3) is 0 Å². The van der Waals surface area contributed by atoms with Gasteiger partial charge in [-0.2, -0.15) is 0 Å². The van der Waals surface area contributed by atoms with E-state index in [9.17, 15) is 0 Å². The van der Waals surface area contributed by atoms with E-state index in [1.807, 2.05) is 6.92 Å². The summed E-state index contributed by atoms with van der Waals surface area (Å²) in [4.78, 5) is 0. The third-order valence-electron chi connectivity index (χ3n) is 9.63. The molecule has 0 heterocycles. The van der Waals surface area contributed by atoms with Crippen LogP contribution in [0.2, 0.25) is 0 Å². The van der Waals surface area contributed by atoms with Crippen molar-refractivity contribution < 1.29 is 0 Å². The molecule has 0 nitrogen and oxygen atoms in total. The van der Waals surface area contributed by atoms with Crippen LogP contribution in [-0.2, 0) is 0 Å². The molecule has 134 valence electrons. The minimum Gasteiger partial charge on any atom is -0.106 e. The second-order valence-electron chi connectivity index (χ2n) is 10.3. The predicted molar refractivity (Wildman–Crippen MR) is 102 cm³/mol. The molecule has 0 aromatic heterocycles. The molecule has 4 aliphatic carbocycles. The van der Waals surface area contributed by atoms with Crippen LogP contribution in [0.5, 0.6) is 0 Å². The van der Waals surface area contributed by atoms with E-state index in [1.54, 1.807) is 12.8 Å². The van der Waals surface area contributed by atoms with Crippen molar-refractivity contribution in [2.45, 2.75) is 91.9 Å². The Balaban J connectivity index is 1.60. The first-order valence-corrected chi connectivity index (χ1v) is 10.9. The van der Waals surface area contributed by atoms with Crippen LogP contribution in [0, 0.1) is 58.2 Å². The van der Waals surface area contributed by atoms with Crippen molar-refractivity contribution >= 4 is 0 Å². The van der Waals surface area contributed by atoms with Crippen molar-refractivity contribution in [1.29, 1.82) is 0 Å². The standard InChI is InChI=1S/C24H38/c1-5-8-17(2)20-12-13-21-19-11-10-18-9-6-7-15-23(18,3)22(19)14-16-24(20,21)4/h17-22H,6-7,9-16H2,1-4H3/t17-,18?,19+,20-,21+,22+,23+,24-/m1/s1. The molecule has 0 aromatic carbocycles. The van der Waals surface area contributed by atoms with E-state index in [4.69, 9.17) is 0 Å². The van der Waals surface area contributed by atoms with Crippen molar-refractivity contribution in [1.82, 2.24) is 0 Å². The maximum atomic E-state index is 3.52. The number of hydrogen-bond acceptors (Lipinski definition) is 0. The molecule has 1 unspecified atom stereocenters. The van der Waals surface area contributed by atoms with E-state index in [0.29, 0.717) is 16.7 Å². The zero-order valence-corrected chi connectivity index (χ0v) is 16.5. The van der Waals surface area contributed by atoms with Gasteiger partial charge in [-0.1, -0.05) is 33.6 Å². The van der Waals surface area contributed by atoms with Gasteiger partial charge < -0.3 is 0 Å². The molecule has 0 bridgehead atoms.